The minimum atomic E-state index is 0.0990. The Balaban J connectivity index is 2.49. The fourth-order valence-corrected chi connectivity index (χ4v) is 2.32. The van der Waals surface area contributed by atoms with Crippen LogP contribution in [0.15, 0.2) is 18.2 Å². The van der Waals surface area contributed by atoms with Crippen molar-refractivity contribution in [3.8, 4) is 12.3 Å². The van der Waals surface area contributed by atoms with Gasteiger partial charge in [-0.05, 0) is 43.5 Å². The molecule has 1 aliphatic heterocycles. The van der Waals surface area contributed by atoms with Crippen molar-refractivity contribution in [2.45, 2.75) is 32.7 Å². The lowest BCUT2D eigenvalue weighted by molar-refractivity contribution is -0.117. The van der Waals surface area contributed by atoms with Crippen molar-refractivity contribution in [2.24, 2.45) is 0 Å². The summed E-state index contributed by atoms with van der Waals surface area (Å²) in [5.74, 6) is 2.73. The zero-order valence-electron chi connectivity index (χ0n) is 9.66. The molecular weight excluding hydrogens is 198 g/mol. The van der Waals surface area contributed by atoms with Crippen LogP contribution in [0.1, 0.15) is 31.4 Å². The summed E-state index contributed by atoms with van der Waals surface area (Å²) in [5.41, 5.74) is 3.09. The van der Waals surface area contributed by atoms with Crippen LogP contribution >= 0.6 is 0 Å². The molecule has 0 radical (unpaired) electrons. The summed E-state index contributed by atoms with van der Waals surface area (Å²) in [6, 6.07) is 6.15. The van der Waals surface area contributed by atoms with Gasteiger partial charge < -0.3 is 4.90 Å². The molecule has 0 saturated carbocycles. The highest BCUT2D eigenvalue weighted by Gasteiger charge is 2.25. The van der Waals surface area contributed by atoms with E-state index in [1.54, 1.807) is 6.92 Å². The largest absolute Gasteiger partial charge is 0.310 e. The van der Waals surface area contributed by atoms with Gasteiger partial charge in [0.25, 0.3) is 0 Å². The van der Waals surface area contributed by atoms with E-state index in [1.807, 2.05) is 23.1 Å². The maximum absolute atomic E-state index is 11.6. The number of carbonyl (C=O) groups is 1. The highest BCUT2D eigenvalue weighted by molar-refractivity contribution is 5.93. The lowest BCUT2D eigenvalue weighted by Crippen LogP contribution is -2.40. The van der Waals surface area contributed by atoms with Crippen molar-refractivity contribution in [2.75, 3.05) is 4.90 Å². The van der Waals surface area contributed by atoms with Crippen molar-refractivity contribution >= 4 is 11.6 Å². The van der Waals surface area contributed by atoms with Crippen molar-refractivity contribution in [3.05, 3.63) is 29.3 Å². The minimum absolute atomic E-state index is 0.0990. The molecule has 2 rings (SSSR count). The molecule has 2 heteroatoms. The van der Waals surface area contributed by atoms with Crippen LogP contribution in [0.25, 0.3) is 0 Å². The average molecular weight is 213 g/mol. The molecule has 1 aliphatic rings. The molecule has 0 unspecified atom stereocenters. The van der Waals surface area contributed by atoms with Crippen molar-refractivity contribution in [3.63, 3.8) is 0 Å². The van der Waals surface area contributed by atoms with Crippen LogP contribution in [0, 0.1) is 12.3 Å². The van der Waals surface area contributed by atoms with Crippen LogP contribution in [0.5, 0.6) is 0 Å². The summed E-state index contributed by atoms with van der Waals surface area (Å²) in [7, 11) is 0. The Hall–Kier alpha value is -1.75. The van der Waals surface area contributed by atoms with Gasteiger partial charge in [0.05, 0.1) is 0 Å². The number of hydrogen-bond acceptors (Lipinski definition) is 1. The van der Waals surface area contributed by atoms with E-state index >= 15 is 0 Å². The first-order valence-corrected chi connectivity index (χ1v) is 5.53. The topological polar surface area (TPSA) is 20.3 Å². The predicted molar refractivity (Wildman–Crippen MR) is 65.3 cm³/mol. The second kappa shape index (κ2) is 4.02. The number of nitrogens with zero attached hydrogens (tertiary/aromatic N) is 1. The van der Waals surface area contributed by atoms with E-state index < -0.39 is 0 Å². The van der Waals surface area contributed by atoms with E-state index in [0.717, 1.165) is 24.1 Å². The molecule has 1 heterocycles. The normalized spacial score (nSPS) is 18.8. The second-order valence-electron chi connectivity index (χ2n) is 4.26. The third kappa shape index (κ3) is 1.69. The first kappa shape index (κ1) is 10.8. The minimum Gasteiger partial charge on any atom is -0.310 e. The maximum Gasteiger partial charge on any atom is 0.224 e. The smallest absolute Gasteiger partial charge is 0.224 e. The monoisotopic (exact) mass is 213 g/mol. The summed E-state index contributed by atoms with van der Waals surface area (Å²) in [6.07, 6.45) is 7.37. The number of amides is 1. The first-order valence-electron chi connectivity index (χ1n) is 5.53. The molecule has 0 N–H and O–H groups in total. The Morgan fingerprint density at radius 2 is 2.31 bits per heavy atom. The molecule has 82 valence electrons. The Labute approximate surface area is 96.3 Å². The van der Waals surface area contributed by atoms with Gasteiger partial charge >= 0.3 is 0 Å². The standard InChI is InChI=1S/C14H15NO/c1-4-12-6-8-14-13(9-12)7-5-10(2)15(14)11(3)16/h1,6,8-10H,5,7H2,2-3H3/t10-/m0/s1. The summed E-state index contributed by atoms with van der Waals surface area (Å²) >= 11 is 0. The molecule has 16 heavy (non-hydrogen) atoms. The third-order valence-corrected chi connectivity index (χ3v) is 3.12. The number of hydrogen-bond donors (Lipinski definition) is 0. The molecule has 1 aromatic carbocycles. The second-order valence-corrected chi connectivity index (χ2v) is 4.26. The molecule has 0 spiro atoms. The predicted octanol–water partition coefficient (Wildman–Crippen LogP) is 2.36. The number of fused-ring (bicyclic) bond motifs is 1. The Morgan fingerprint density at radius 1 is 1.56 bits per heavy atom. The van der Waals surface area contributed by atoms with E-state index in [2.05, 4.69) is 12.8 Å². The Kier molecular flexibility index (Phi) is 2.70. The van der Waals surface area contributed by atoms with E-state index in [1.165, 1.54) is 5.56 Å². The van der Waals surface area contributed by atoms with Crippen LogP contribution < -0.4 is 4.90 Å². The van der Waals surface area contributed by atoms with Gasteiger partial charge in [0, 0.05) is 24.2 Å². The molecule has 0 saturated heterocycles. The number of anilines is 1. The molecule has 1 amide bonds. The quantitative estimate of drug-likeness (QED) is 0.606. The maximum atomic E-state index is 11.6. The van der Waals surface area contributed by atoms with E-state index in [-0.39, 0.29) is 11.9 Å². The number of carbonyl (C=O) groups excluding carboxylic acids is 1. The number of aryl methyl sites for hydroxylation is 1. The van der Waals surface area contributed by atoms with Crippen LogP contribution in [-0.4, -0.2) is 11.9 Å². The molecule has 2 nitrogen and oxygen atoms in total. The van der Waals surface area contributed by atoms with Gasteiger partial charge in [-0.25, -0.2) is 0 Å². The van der Waals surface area contributed by atoms with Crippen LogP contribution in [0.2, 0.25) is 0 Å². The van der Waals surface area contributed by atoms with Crippen LogP contribution in [-0.2, 0) is 11.2 Å². The number of benzene rings is 1. The van der Waals surface area contributed by atoms with Gasteiger partial charge in [-0.15, -0.1) is 6.42 Å². The van der Waals surface area contributed by atoms with E-state index in [0.29, 0.717) is 0 Å². The summed E-state index contributed by atoms with van der Waals surface area (Å²) in [4.78, 5) is 13.5. The lowest BCUT2D eigenvalue weighted by atomic mass is 9.95. The molecule has 0 aromatic heterocycles. The zero-order valence-corrected chi connectivity index (χ0v) is 9.66. The van der Waals surface area contributed by atoms with Gasteiger partial charge in [0.2, 0.25) is 5.91 Å². The van der Waals surface area contributed by atoms with E-state index in [4.69, 9.17) is 6.42 Å². The molecule has 0 aliphatic carbocycles. The van der Waals surface area contributed by atoms with Crippen molar-refractivity contribution < 1.29 is 4.79 Å². The summed E-state index contributed by atoms with van der Waals surface area (Å²) in [5, 5.41) is 0. The molecule has 0 bridgehead atoms. The van der Waals surface area contributed by atoms with Gasteiger partial charge in [0.15, 0.2) is 0 Å². The highest BCUT2D eigenvalue weighted by Crippen LogP contribution is 2.31. The van der Waals surface area contributed by atoms with Crippen molar-refractivity contribution in [1.29, 1.82) is 0 Å². The van der Waals surface area contributed by atoms with E-state index in [9.17, 15) is 4.79 Å². The molecule has 1 atom stereocenters. The van der Waals surface area contributed by atoms with Gasteiger partial charge in [-0.3, -0.25) is 4.79 Å². The average Bonchev–Trinajstić information content (AvgIpc) is 2.27. The van der Waals surface area contributed by atoms with Gasteiger partial charge in [-0.2, -0.15) is 0 Å². The van der Waals surface area contributed by atoms with Gasteiger partial charge in [-0.1, -0.05) is 5.92 Å². The fraction of sp³-hybridized carbons (Fsp3) is 0.357. The molecule has 1 aromatic rings. The number of rotatable bonds is 0. The fourth-order valence-electron chi connectivity index (χ4n) is 2.32. The first-order chi connectivity index (χ1) is 7.63. The lowest BCUT2D eigenvalue weighted by Gasteiger charge is -2.34. The summed E-state index contributed by atoms with van der Waals surface area (Å²) < 4.78 is 0. The summed E-state index contributed by atoms with van der Waals surface area (Å²) in [6.45, 7) is 3.69. The van der Waals surface area contributed by atoms with Gasteiger partial charge in [0.1, 0.15) is 0 Å². The Bertz CT molecular complexity index is 470. The Morgan fingerprint density at radius 3 is 2.94 bits per heavy atom. The van der Waals surface area contributed by atoms with Crippen LogP contribution in [0.4, 0.5) is 5.69 Å². The SMILES string of the molecule is C#Cc1ccc2c(c1)CC[C@H](C)N2C(C)=O. The molecule has 0 fully saturated rings. The highest BCUT2D eigenvalue weighted by atomic mass is 16.2. The zero-order chi connectivity index (χ0) is 11.7. The van der Waals surface area contributed by atoms with Crippen molar-refractivity contribution in [1.82, 2.24) is 0 Å². The molecular formula is C14H15NO. The number of terminal acetylenes is 1. The van der Waals surface area contributed by atoms with Crippen LogP contribution in [0.3, 0.4) is 0 Å². The third-order valence-electron chi connectivity index (χ3n) is 3.12.